The Hall–Kier alpha value is -3.29. The van der Waals surface area contributed by atoms with E-state index in [1.54, 1.807) is 46.4 Å². The third-order valence-corrected chi connectivity index (χ3v) is 4.14. The smallest absolute Gasteiger partial charge is 0.317 e. The maximum Gasteiger partial charge on any atom is 0.317 e. The second-order valence-electron chi connectivity index (χ2n) is 6.07. The van der Waals surface area contributed by atoms with E-state index in [0.717, 1.165) is 5.56 Å². The van der Waals surface area contributed by atoms with E-state index in [1.807, 2.05) is 12.1 Å². The van der Waals surface area contributed by atoms with Crippen LogP contribution in [0.2, 0.25) is 0 Å². The standard InChI is InChI=1S/C19H23N3O5/c1-13(15-6-5-7-16(11-15)22(24)25)20-19(23)21(2)12-14-8-9-17(26-3)18(10-14)27-4/h5-11,13H,12H2,1-4H3,(H,20,23)/t13-/m0/s1. The number of non-ortho nitro benzene ring substituents is 1. The number of carbonyl (C=O) groups excluding carboxylic acids is 1. The van der Waals surface area contributed by atoms with Crippen LogP contribution in [0, 0.1) is 10.1 Å². The van der Waals surface area contributed by atoms with Crippen molar-refractivity contribution < 1.29 is 19.2 Å². The first-order valence-corrected chi connectivity index (χ1v) is 8.32. The number of ether oxygens (including phenoxy) is 2. The average Bonchev–Trinajstić information content (AvgIpc) is 2.67. The normalized spacial score (nSPS) is 11.4. The topological polar surface area (TPSA) is 93.9 Å². The third kappa shape index (κ3) is 5.10. The van der Waals surface area contributed by atoms with Crippen LogP contribution in [0.1, 0.15) is 24.1 Å². The van der Waals surface area contributed by atoms with Gasteiger partial charge in [0.25, 0.3) is 5.69 Å². The molecular formula is C19H23N3O5. The van der Waals surface area contributed by atoms with E-state index < -0.39 is 4.92 Å². The van der Waals surface area contributed by atoms with Gasteiger partial charge in [-0.25, -0.2) is 4.79 Å². The molecule has 1 atom stereocenters. The van der Waals surface area contributed by atoms with Gasteiger partial charge in [-0.15, -0.1) is 0 Å². The molecule has 0 saturated carbocycles. The summed E-state index contributed by atoms with van der Waals surface area (Å²) in [6, 6.07) is 11.0. The van der Waals surface area contributed by atoms with Crippen LogP contribution in [0.3, 0.4) is 0 Å². The molecule has 0 unspecified atom stereocenters. The van der Waals surface area contributed by atoms with Crippen LogP contribution in [-0.4, -0.2) is 37.1 Å². The molecular weight excluding hydrogens is 350 g/mol. The van der Waals surface area contributed by atoms with Gasteiger partial charge in [0.1, 0.15) is 0 Å². The maximum absolute atomic E-state index is 12.5. The van der Waals surface area contributed by atoms with Gasteiger partial charge in [-0.05, 0) is 30.2 Å². The van der Waals surface area contributed by atoms with E-state index in [-0.39, 0.29) is 17.8 Å². The highest BCUT2D eigenvalue weighted by molar-refractivity contribution is 5.74. The lowest BCUT2D eigenvalue weighted by atomic mass is 10.1. The SMILES string of the molecule is COc1ccc(CN(C)C(=O)N[C@@H](C)c2cccc([N+](=O)[O-])c2)cc1OC. The number of amides is 2. The highest BCUT2D eigenvalue weighted by Gasteiger charge is 2.16. The van der Waals surface area contributed by atoms with E-state index in [2.05, 4.69) is 5.32 Å². The molecule has 27 heavy (non-hydrogen) atoms. The van der Waals surface area contributed by atoms with Crippen molar-refractivity contribution in [3.05, 3.63) is 63.7 Å². The Morgan fingerprint density at radius 2 is 1.89 bits per heavy atom. The Kier molecular flexibility index (Phi) is 6.59. The zero-order valence-corrected chi connectivity index (χ0v) is 15.8. The number of hydrogen-bond acceptors (Lipinski definition) is 5. The van der Waals surface area contributed by atoms with Gasteiger partial charge in [-0.3, -0.25) is 10.1 Å². The fraction of sp³-hybridized carbons (Fsp3) is 0.316. The third-order valence-electron chi connectivity index (χ3n) is 4.14. The average molecular weight is 373 g/mol. The largest absolute Gasteiger partial charge is 0.493 e. The molecule has 0 heterocycles. The lowest BCUT2D eigenvalue weighted by Crippen LogP contribution is -2.38. The molecule has 2 rings (SSSR count). The lowest BCUT2D eigenvalue weighted by molar-refractivity contribution is -0.384. The second kappa shape index (κ2) is 8.88. The summed E-state index contributed by atoms with van der Waals surface area (Å²) in [6.07, 6.45) is 0. The van der Waals surface area contributed by atoms with Gasteiger partial charge in [0.05, 0.1) is 25.2 Å². The molecule has 8 nitrogen and oxygen atoms in total. The van der Waals surface area contributed by atoms with Crippen LogP contribution in [0.4, 0.5) is 10.5 Å². The van der Waals surface area contributed by atoms with Crippen molar-refractivity contribution in [1.82, 2.24) is 10.2 Å². The minimum Gasteiger partial charge on any atom is -0.493 e. The Morgan fingerprint density at radius 1 is 1.19 bits per heavy atom. The molecule has 2 amide bonds. The van der Waals surface area contributed by atoms with Crippen LogP contribution >= 0.6 is 0 Å². The van der Waals surface area contributed by atoms with Crippen LogP contribution in [0.25, 0.3) is 0 Å². The van der Waals surface area contributed by atoms with E-state index in [0.29, 0.717) is 23.6 Å². The predicted octanol–water partition coefficient (Wildman–Crippen LogP) is 3.51. The summed E-state index contributed by atoms with van der Waals surface area (Å²) in [6.45, 7) is 2.15. The summed E-state index contributed by atoms with van der Waals surface area (Å²) in [5.41, 5.74) is 1.54. The van der Waals surface area contributed by atoms with E-state index in [1.165, 1.54) is 17.0 Å². The van der Waals surface area contributed by atoms with Gasteiger partial charge in [0.2, 0.25) is 0 Å². The zero-order chi connectivity index (χ0) is 20.0. The van der Waals surface area contributed by atoms with Crippen LogP contribution < -0.4 is 14.8 Å². The molecule has 144 valence electrons. The number of methoxy groups -OCH3 is 2. The maximum atomic E-state index is 12.5. The quantitative estimate of drug-likeness (QED) is 0.592. The minimum absolute atomic E-state index is 0.00715. The summed E-state index contributed by atoms with van der Waals surface area (Å²) in [4.78, 5) is 24.4. The van der Waals surface area contributed by atoms with Gasteiger partial charge >= 0.3 is 6.03 Å². The molecule has 0 saturated heterocycles. The van der Waals surface area contributed by atoms with Crippen molar-refractivity contribution in [2.75, 3.05) is 21.3 Å². The number of nitrogens with one attached hydrogen (secondary N) is 1. The minimum atomic E-state index is -0.457. The van der Waals surface area contributed by atoms with Gasteiger partial charge in [-0.1, -0.05) is 18.2 Å². The molecule has 0 aliphatic rings. The van der Waals surface area contributed by atoms with Crippen molar-refractivity contribution in [3.8, 4) is 11.5 Å². The first-order chi connectivity index (χ1) is 12.8. The number of nitro groups is 1. The fourth-order valence-electron chi connectivity index (χ4n) is 2.61. The number of rotatable bonds is 7. The highest BCUT2D eigenvalue weighted by Crippen LogP contribution is 2.28. The molecule has 0 radical (unpaired) electrons. The van der Waals surface area contributed by atoms with Crippen molar-refractivity contribution in [1.29, 1.82) is 0 Å². The predicted molar refractivity (Wildman–Crippen MR) is 101 cm³/mol. The van der Waals surface area contributed by atoms with Crippen molar-refractivity contribution in [2.24, 2.45) is 0 Å². The molecule has 1 N–H and O–H groups in total. The van der Waals surface area contributed by atoms with Gasteiger partial charge < -0.3 is 19.7 Å². The number of carbonyl (C=O) groups is 1. The van der Waals surface area contributed by atoms with Gasteiger partial charge in [0.15, 0.2) is 11.5 Å². The first kappa shape index (κ1) is 20.0. The van der Waals surface area contributed by atoms with Crippen LogP contribution in [0.5, 0.6) is 11.5 Å². The molecule has 0 aliphatic carbocycles. The summed E-state index contributed by atoms with van der Waals surface area (Å²) in [5.74, 6) is 1.21. The summed E-state index contributed by atoms with van der Waals surface area (Å²) in [7, 11) is 4.79. The summed E-state index contributed by atoms with van der Waals surface area (Å²) in [5, 5.41) is 13.7. The molecule has 0 spiro atoms. The summed E-state index contributed by atoms with van der Waals surface area (Å²) >= 11 is 0. The Morgan fingerprint density at radius 3 is 2.52 bits per heavy atom. The Bertz CT molecular complexity index is 825. The van der Waals surface area contributed by atoms with Crippen LogP contribution in [-0.2, 0) is 6.54 Å². The number of nitrogens with zero attached hydrogens (tertiary/aromatic N) is 2. The van der Waals surface area contributed by atoms with Crippen molar-refractivity contribution in [3.63, 3.8) is 0 Å². The number of nitro benzene ring substituents is 1. The lowest BCUT2D eigenvalue weighted by Gasteiger charge is -2.22. The fourth-order valence-corrected chi connectivity index (χ4v) is 2.61. The van der Waals surface area contributed by atoms with E-state index in [4.69, 9.17) is 9.47 Å². The molecule has 0 fully saturated rings. The van der Waals surface area contributed by atoms with Crippen molar-refractivity contribution >= 4 is 11.7 Å². The van der Waals surface area contributed by atoms with E-state index >= 15 is 0 Å². The molecule has 0 bridgehead atoms. The second-order valence-corrected chi connectivity index (χ2v) is 6.07. The monoisotopic (exact) mass is 373 g/mol. The molecule has 2 aromatic carbocycles. The Labute approximate surface area is 157 Å². The number of benzene rings is 2. The molecule has 2 aromatic rings. The van der Waals surface area contributed by atoms with Gasteiger partial charge in [-0.2, -0.15) is 0 Å². The van der Waals surface area contributed by atoms with Gasteiger partial charge in [0, 0.05) is 25.7 Å². The Balaban J connectivity index is 2.03. The zero-order valence-electron chi connectivity index (χ0n) is 15.8. The highest BCUT2D eigenvalue weighted by atomic mass is 16.6. The van der Waals surface area contributed by atoms with E-state index in [9.17, 15) is 14.9 Å². The first-order valence-electron chi connectivity index (χ1n) is 8.32. The summed E-state index contributed by atoms with van der Waals surface area (Å²) < 4.78 is 10.5. The number of urea groups is 1. The molecule has 8 heteroatoms. The van der Waals surface area contributed by atoms with Crippen LogP contribution in [0.15, 0.2) is 42.5 Å². The number of hydrogen-bond donors (Lipinski definition) is 1. The molecule has 0 aromatic heterocycles. The van der Waals surface area contributed by atoms with Crippen molar-refractivity contribution in [2.45, 2.75) is 19.5 Å². The molecule has 0 aliphatic heterocycles.